The van der Waals surface area contributed by atoms with E-state index in [-0.39, 0.29) is 18.0 Å². The summed E-state index contributed by atoms with van der Waals surface area (Å²) in [7, 11) is 0. The van der Waals surface area contributed by atoms with Gasteiger partial charge < -0.3 is 15.1 Å². The Morgan fingerprint density at radius 1 is 1.21 bits per heavy atom. The quantitative estimate of drug-likeness (QED) is 0.844. The van der Waals surface area contributed by atoms with Gasteiger partial charge in [-0.3, -0.25) is 5.43 Å². The second-order valence-corrected chi connectivity index (χ2v) is 7.58. The van der Waals surface area contributed by atoms with E-state index in [0.717, 1.165) is 23.6 Å². The fourth-order valence-corrected chi connectivity index (χ4v) is 4.61. The molecule has 1 aliphatic carbocycles. The number of anilines is 4. The van der Waals surface area contributed by atoms with Crippen LogP contribution in [-0.4, -0.2) is 34.6 Å². The molecule has 0 amide bonds. The number of halogens is 1. The number of benzene rings is 1. The molecule has 0 saturated heterocycles. The van der Waals surface area contributed by atoms with Gasteiger partial charge in [0, 0.05) is 11.7 Å². The highest BCUT2D eigenvalue weighted by Gasteiger charge is 2.44. The molecule has 146 valence electrons. The van der Waals surface area contributed by atoms with Gasteiger partial charge in [-0.2, -0.15) is 10.1 Å². The Labute approximate surface area is 163 Å². The minimum absolute atomic E-state index is 0.109. The molecule has 5 rings (SSSR count). The predicted octanol–water partition coefficient (Wildman–Crippen LogP) is 3.58. The van der Waals surface area contributed by atoms with Crippen LogP contribution in [0.5, 0.6) is 0 Å². The summed E-state index contributed by atoms with van der Waals surface area (Å²) in [5.41, 5.74) is 5.00. The molecule has 2 aromatic rings. The Hall–Kier alpha value is -2.90. The lowest BCUT2D eigenvalue weighted by molar-refractivity contribution is 0.385. The minimum Gasteiger partial charge on any atom is -0.345 e. The minimum atomic E-state index is -0.262. The highest BCUT2D eigenvalue weighted by Crippen LogP contribution is 2.42. The van der Waals surface area contributed by atoms with Gasteiger partial charge >= 0.3 is 0 Å². The average Bonchev–Trinajstić information content (AvgIpc) is 3.40. The zero-order valence-electron chi connectivity index (χ0n) is 15.8. The van der Waals surface area contributed by atoms with Crippen LogP contribution in [0.4, 0.5) is 27.5 Å². The van der Waals surface area contributed by atoms with Gasteiger partial charge in [0.2, 0.25) is 5.95 Å². The molecule has 1 aromatic heterocycles. The molecule has 0 spiro atoms. The monoisotopic (exact) mass is 381 g/mol. The van der Waals surface area contributed by atoms with Crippen LogP contribution in [0.1, 0.15) is 39.0 Å². The van der Waals surface area contributed by atoms with Crippen LogP contribution >= 0.6 is 0 Å². The fourth-order valence-electron chi connectivity index (χ4n) is 4.61. The Morgan fingerprint density at radius 3 is 2.75 bits per heavy atom. The van der Waals surface area contributed by atoms with E-state index in [1.807, 2.05) is 12.5 Å². The van der Waals surface area contributed by atoms with Crippen LogP contribution in [0.15, 0.2) is 35.6 Å². The molecule has 2 aliphatic heterocycles. The number of hydrogen-bond acceptors (Lipinski definition) is 7. The summed E-state index contributed by atoms with van der Waals surface area (Å²) in [5, 5.41) is 7.50. The summed E-state index contributed by atoms with van der Waals surface area (Å²) in [5.74, 6) is 1.21. The molecule has 3 aliphatic rings. The summed E-state index contributed by atoms with van der Waals surface area (Å²) in [6, 6.07) is 7.00. The number of fused-ring (bicyclic) bond motifs is 3. The zero-order valence-corrected chi connectivity index (χ0v) is 15.8. The average molecular weight is 381 g/mol. The molecule has 1 fully saturated rings. The van der Waals surface area contributed by atoms with Crippen molar-refractivity contribution in [2.45, 2.75) is 57.3 Å². The van der Waals surface area contributed by atoms with E-state index in [1.165, 1.54) is 37.8 Å². The van der Waals surface area contributed by atoms with Crippen molar-refractivity contribution in [3.8, 4) is 0 Å². The van der Waals surface area contributed by atoms with Gasteiger partial charge in [0.15, 0.2) is 5.82 Å². The van der Waals surface area contributed by atoms with Crippen LogP contribution < -0.4 is 20.5 Å². The van der Waals surface area contributed by atoms with Crippen molar-refractivity contribution in [2.75, 3.05) is 15.1 Å². The van der Waals surface area contributed by atoms with Gasteiger partial charge in [-0.25, -0.2) is 9.37 Å². The fraction of sp³-hybridized carbons (Fsp3) is 0.450. The molecule has 3 heterocycles. The third-order valence-electron chi connectivity index (χ3n) is 5.92. The molecule has 2 atom stereocenters. The standard InChI is InChI=1S/C20H24FN7/c1-2-16-19-26-23-12-27(19)17-11-22-20(24-14-9-7-13(21)8-10-14)25-18(17)28(16)15-5-3-4-6-15/h7-12,15-16,19,26H,2-6H2,1H3,(H,22,24,25)/t16-,19?/m1/s1. The molecule has 1 unspecified atom stereocenters. The maximum atomic E-state index is 13.2. The summed E-state index contributed by atoms with van der Waals surface area (Å²) in [6.45, 7) is 2.22. The normalized spacial score (nSPS) is 23.5. The van der Waals surface area contributed by atoms with Gasteiger partial charge in [-0.1, -0.05) is 19.8 Å². The Morgan fingerprint density at radius 2 is 2.00 bits per heavy atom. The second kappa shape index (κ2) is 6.92. The van der Waals surface area contributed by atoms with E-state index in [1.54, 1.807) is 12.1 Å². The molecule has 0 radical (unpaired) electrons. The number of rotatable bonds is 4. The van der Waals surface area contributed by atoms with E-state index >= 15 is 0 Å². The van der Waals surface area contributed by atoms with E-state index in [9.17, 15) is 4.39 Å². The van der Waals surface area contributed by atoms with Gasteiger partial charge in [-0.05, 0) is 43.5 Å². The summed E-state index contributed by atoms with van der Waals surface area (Å²) in [4.78, 5) is 14.0. The van der Waals surface area contributed by atoms with Crippen molar-refractivity contribution in [3.05, 3.63) is 36.3 Å². The lowest BCUT2D eigenvalue weighted by Gasteiger charge is -2.47. The third kappa shape index (κ3) is 2.83. The van der Waals surface area contributed by atoms with Crippen LogP contribution in [0.3, 0.4) is 0 Å². The molecule has 7 nitrogen and oxygen atoms in total. The van der Waals surface area contributed by atoms with Crippen molar-refractivity contribution >= 4 is 29.5 Å². The van der Waals surface area contributed by atoms with Crippen LogP contribution in [-0.2, 0) is 0 Å². The molecular formula is C20H24FN7. The zero-order chi connectivity index (χ0) is 19.1. The molecule has 2 N–H and O–H groups in total. The summed E-state index contributed by atoms with van der Waals surface area (Å²) >= 11 is 0. The number of nitrogens with one attached hydrogen (secondary N) is 2. The number of hydrazone groups is 1. The van der Waals surface area contributed by atoms with Gasteiger partial charge in [0.05, 0.1) is 12.2 Å². The van der Waals surface area contributed by atoms with Crippen molar-refractivity contribution in [1.29, 1.82) is 0 Å². The maximum absolute atomic E-state index is 13.2. The van der Waals surface area contributed by atoms with Crippen molar-refractivity contribution in [1.82, 2.24) is 15.4 Å². The Bertz CT molecular complexity index is 879. The van der Waals surface area contributed by atoms with E-state index in [2.05, 4.69) is 37.6 Å². The Balaban J connectivity index is 1.54. The van der Waals surface area contributed by atoms with Crippen LogP contribution in [0, 0.1) is 5.82 Å². The first-order valence-corrected chi connectivity index (χ1v) is 9.99. The smallest absolute Gasteiger partial charge is 0.229 e. The largest absolute Gasteiger partial charge is 0.345 e. The highest BCUT2D eigenvalue weighted by atomic mass is 19.1. The molecule has 1 aromatic carbocycles. The molecule has 0 bridgehead atoms. The van der Waals surface area contributed by atoms with E-state index in [0.29, 0.717) is 12.0 Å². The lowest BCUT2D eigenvalue weighted by atomic mass is 10.0. The van der Waals surface area contributed by atoms with Gasteiger partial charge in [-0.15, -0.1) is 0 Å². The highest BCUT2D eigenvalue weighted by molar-refractivity contribution is 5.89. The molecule has 8 heteroatoms. The number of nitrogens with zero attached hydrogens (tertiary/aromatic N) is 5. The third-order valence-corrected chi connectivity index (χ3v) is 5.92. The Kier molecular flexibility index (Phi) is 4.26. The molecule has 1 saturated carbocycles. The van der Waals surface area contributed by atoms with Gasteiger partial charge in [0.1, 0.15) is 24.0 Å². The lowest BCUT2D eigenvalue weighted by Crippen LogP contribution is -2.60. The molecular weight excluding hydrogens is 357 g/mol. The van der Waals surface area contributed by atoms with Crippen LogP contribution in [0.2, 0.25) is 0 Å². The van der Waals surface area contributed by atoms with Crippen molar-refractivity contribution < 1.29 is 4.39 Å². The molecule has 28 heavy (non-hydrogen) atoms. The van der Waals surface area contributed by atoms with Crippen molar-refractivity contribution in [2.24, 2.45) is 5.10 Å². The van der Waals surface area contributed by atoms with Crippen molar-refractivity contribution in [3.63, 3.8) is 0 Å². The van der Waals surface area contributed by atoms with Crippen LogP contribution in [0.25, 0.3) is 0 Å². The SMILES string of the molecule is CC[C@@H]1C2NN=CN2c2cnc(Nc3ccc(F)cc3)nc2N1C1CCCC1. The van der Waals surface area contributed by atoms with E-state index < -0.39 is 0 Å². The first-order valence-electron chi connectivity index (χ1n) is 9.99. The maximum Gasteiger partial charge on any atom is 0.229 e. The number of aromatic nitrogens is 2. The number of hydrogen-bond donors (Lipinski definition) is 2. The van der Waals surface area contributed by atoms with E-state index in [4.69, 9.17) is 4.98 Å². The summed E-state index contributed by atoms with van der Waals surface area (Å²) < 4.78 is 13.2. The first-order chi connectivity index (χ1) is 13.7. The summed E-state index contributed by atoms with van der Waals surface area (Å²) in [6.07, 6.45) is 9.69. The first kappa shape index (κ1) is 17.2. The topological polar surface area (TPSA) is 68.7 Å². The second-order valence-electron chi connectivity index (χ2n) is 7.58. The predicted molar refractivity (Wildman–Crippen MR) is 108 cm³/mol. The van der Waals surface area contributed by atoms with Gasteiger partial charge in [0.25, 0.3) is 0 Å².